The third kappa shape index (κ3) is 7.60. The zero-order valence-corrected chi connectivity index (χ0v) is 21.0. The van der Waals surface area contributed by atoms with Crippen molar-refractivity contribution in [3.05, 3.63) is 69.9 Å². The van der Waals surface area contributed by atoms with Crippen LogP contribution in [-0.2, 0) is 17.8 Å². The minimum Gasteiger partial charge on any atom is -0.493 e. The number of methoxy groups -OCH3 is 1. The molecule has 2 aromatic carbocycles. The van der Waals surface area contributed by atoms with Crippen molar-refractivity contribution in [3.8, 4) is 22.9 Å². The number of nitrogens with zero attached hydrogens (tertiary/aromatic N) is 3. The van der Waals surface area contributed by atoms with E-state index in [0.717, 1.165) is 19.6 Å². The molecule has 37 heavy (non-hydrogen) atoms. The van der Waals surface area contributed by atoms with Crippen LogP contribution in [0, 0.1) is 5.82 Å². The number of halogens is 1. The van der Waals surface area contributed by atoms with E-state index in [2.05, 4.69) is 25.4 Å². The van der Waals surface area contributed by atoms with Gasteiger partial charge in [0.2, 0.25) is 5.91 Å². The molecule has 1 saturated heterocycles. The molecule has 2 heterocycles. The summed E-state index contributed by atoms with van der Waals surface area (Å²) >= 11 is 0. The van der Waals surface area contributed by atoms with Gasteiger partial charge in [-0.3, -0.25) is 9.59 Å². The summed E-state index contributed by atoms with van der Waals surface area (Å²) in [5, 5.41) is 11.1. The van der Waals surface area contributed by atoms with E-state index in [-0.39, 0.29) is 42.7 Å². The summed E-state index contributed by atoms with van der Waals surface area (Å²) in [6.07, 6.45) is 4.08. The normalized spacial score (nSPS) is 13.8. The van der Waals surface area contributed by atoms with Crippen molar-refractivity contribution in [3.63, 3.8) is 0 Å². The van der Waals surface area contributed by atoms with E-state index in [1.54, 1.807) is 30.3 Å². The fourth-order valence-corrected chi connectivity index (χ4v) is 4.23. The van der Waals surface area contributed by atoms with Gasteiger partial charge < -0.3 is 24.7 Å². The minimum atomic E-state index is -0.392. The number of benzene rings is 2. The fourth-order valence-electron chi connectivity index (χ4n) is 4.23. The number of likely N-dealkylation sites (tertiary alicyclic amines) is 1. The highest BCUT2D eigenvalue weighted by atomic mass is 19.1. The molecule has 0 radical (unpaired) electrons. The first kappa shape index (κ1) is 26.3. The predicted molar refractivity (Wildman–Crippen MR) is 137 cm³/mol. The molecule has 4 rings (SSSR count). The zero-order valence-electron chi connectivity index (χ0n) is 21.0. The smallest absolute Gasteiger partial charge is 0.273 e. The molecule has 0 saturated carbocycles. The van der Waals surface area contributed by atoms with E-state index in [4.69, 9.17) is 9.47 Å². The molecule has 3 aromatic rings. The van der Waals surface area contributed by atoms with Gasteiger partial charge in [0, 0.05) is 31.5 Å². The van der Waals surface area contributed by atoms with Crippen molar-refractivity contribution >= 4 is 5.91 Å². The summed E-state index contributed by atoms with van der Waals surface area (Å²) in [6, 6.07) is 11.3. The van der Waals surface area contributed by atoms with Gasteiger partial charge in [0.25, 0.3) is 5.56 Å². The average molecular weight is 510 g/mol. The van der Waals surface area contributed by atoms with Crippen LogP contribution in [0.15, 0.2) is 47.3 Å². The summed E-state index contributed by atoms with van der Waals surface area (Å²) in [6.45, 7) is 3.79. The van der Waals surface area contributed by atoms with Gasteiger partial charge in [0.15, 0.2) is 17.3 Å². The van der Waals surface area contributed by atoms with Crippen LogP contribution in [-0.4, -0.2) is 59.3 Å². The second-order valence-corrected chi connectivity index (χ2v) is 8.99. The van der Waals surface area contributed by atoms with Crippen LogP contribution in [0.2, 0.25) is 0 Å². The third-order valence-corrected chi connectivity index (χ3v) is 6.27. The van der Waals surface area contributed by atoms with E-state index in [0.29, 0.717) is 29.2 Å². The molecule has 1 aliphatic heterocycles. The lowest BCUT2D eigenvalue weighted by atomic mass is 10.1. The van der Waals surface area contributed by atoms with Crippen LogP contribution in [0.5, 0.6) is 11.5 Å². The zero-order chi connectivity index (χ0) is 26.0. The Labute approximate surface area is 215 Å². The highest BCUT2D eigenvalue weighted by Gasteiger charge is 2.13. The second-order valence-electron chi connectivity index (χ2n) is 8.99. The highest BCUT2D eigenvalue weighted by molar-refractivity contribution is 5.76. The summed E-state index contributed by atoms with van der Waals surface area (Å²) in [5.41, 5.74) is 1.09. The topological polar surface area (TPSA) is 109 Å². The minimum absolute atomic E-state index is 0.110. The van der Waals surface area contributed by atoms with Gasteiger partial charge in [0.1, 0.15) is 18.1 Å². The maximum atomic E-state index is 13.4. The number of aromatic amines is 1. The van der Waals surface area contributed by atoms with E-state index in [1.807, 2.05) is 0 Å². The van der Waals surface area contributed by atoms with Gasteiger partial charge in [-0.05, 0) is 61.8 Å². The molecular weight excluding hydrogens is 477 g/mol. The number of piperidine rings is 1. The molecule has 1 aliphatic rings. The van der Waals surface area contributed by atoms with Crippen molar-refractivity contribution in [1.29, 1.82) is 0 Å². The van der Waals surface area contributed by atoms with E-state index >= 15 is 0 Å². The number of amides is 1. The summed E-state index contributed by atoms with van der Waals surface area (Å²) in [5.74, 6) is 0.731. The first-order valence-electron chi connectivity index (χ1n) is 12.5. The Kier molecular flexibility index (Phi) is 9.20. The van der Waals surface area contributed by atoms with Crippen LogP contribution in [0.1, 0.15) is 36.9 Å². The SMILES string of the molecule is COc1cc(-c2nnc(CCC(=O)NCCN3CCCCC3)c(=O)[nH]2)ccc1OCc1cccc(F)c1. The number of carbonyl (C=O) groups excluding carboxylic acids is 1. The molecule has 2 N–H and O–H groups in total. The first-order valence-corrected chi connectivity index (χ1v) is 12.5. The van der Waals surface area contributed by atoms with Crippen molar-refractivity contribution in [2.45, 2.75) is 38.7 Å². The second kappa shape index (κ2) is 13.0. The number of aryl methyl sites for hydroxylation is 1. The number of carbonyl (C=O) groups is 1. The van der Waals surface area contributed by atoms with Gasteiger partial charge >= 0.3 is 0 Å². The Morgan fingerprint density at radius 2 is 1.95 bits per heavy atom. The lowest BCUT2D eigenvalue weighted by molar-refractivity contribution is -0.121. The lowest BCUT2D eigenvalue weighted by Crippen LogP contribution is -2.37. The third-order valence-electron chi connectivity index (χ3n) is 6.27. The van der Waals surface area contributed by atoms with Crippen LogP contribution in [0.4, 0.5) is 4.39 Å². The maximum Gasteiger partial charge on any atom is 0.273 e. The Balaban J connectivity index is 1.31. The van der Waals surface area contributed by atoms with Crippen LogP contribution < -0.4 is 20.3 Å². The molecule has 1 aromatic heterocycles. The molecule has 1 fully saturated rings. The fraction of sp³-hybridized carbons (Fsp3) is 0.407. The molecule has 0 spiro atoms. The Morgan fingerprint density at radius 1 is 1.11 bits per heavy atom. The van der Waals surface area contributed by atoms with Gasteiger partial charge in [-0.1, -0.05) is 18.6 Å². The molecule has 0 atom stereocenters. The standard InChI is InChI=1S/C27H32FN5O4/c1-36-24-17-20(8-10-23(24)37-18-19-6-5-7-21(28)16-19)26-30-27(35)22(31-32-26)9-11-25(34)29-12-15-33-13-3-2-4-14-33/h5-8,10,16-17H,2-4,9,11-15,18H2,1H3,(H,29,34)(H,30,32,35). The summed E-state index contributed by atoms with van der Waals surface area (Å²) in [7, 11) is 1.50. The quantitative estimate of drug-likeness (QED) is 0.409. The van der Waals surface area contributed by atoms with Gasteiger partial charge in [-0.2, -0.15) is 0 Å². The molecule has 0 unspecified atom stereocenters. The van der Waals surface area contributed by atoms with Crippen molar-refractivity contribution < 1.29 is 18.7 Å². The van der Waals surface area contributed by atoms with Crippen molar-refractivity contribution in [2.75, 3.05) is 33.3 Å². The Morgan fingerprint density at radius 3 is 2.70 bits per heavy atom. The van der Waals surface area contributed by atoms with Crippen LogP contribution >= 0.6 is 0 Å². The number of H-pyrrole nitrogens is 1. The molecule has 1 amide bonds. The number of nitrogens with one attached hydrogen (secondary N) is 2. The number of aromatic nitrogens is 3. The maximum absolute atomic E-state index is 13.4. The summed E-state index contributed by atoms with van der Waals surface area (Å²) in [4.78, 5) is 29.8. The molecule has 0 aliphatic carbocycles. The largest absolute Gasteiger partial charge is 0.493 e. The highest BCUT2D eigenvalue weighted by Crippen LogP contribution is 2.31. The number of hydrogen-bond donors (Lipinski definition) is 2. The number of rotatable bonds is 11. The van der Waals surface area contributed by atoms with Gasteiger partial charge in [0.05, 0.1) is 7.11 Å². The monoisotopic (exact) mass is 509 g/mol. The Hall–Kier alpha value is -3.79. The van der Waals surface area contributed by atoms with Gasteiger partial charge in [-0.25, -0.2) is 4.39 Å². The van der Waals surface area contributed by atoms with E-state index in [9.17, 15) is 14.0 Å². The molecule has 10 heteroatoms. The summed E-state index contributed by atoms with van der Waals surface area (Å²) < 4.78 is 24.6. The first-order chi connectivity index (χ1) is 18.0. The lowest BCUT2D eigenvalue weighted by Gasteiger charge is -2.26. The molecule has 0 bridgehead atoms. The van der Waals surface area contributed by atoms with Gasteiger partial charge in [-0.15, -0.1) is 10.2 Å². The number of hydrogen-bond acceptors (Lipinski definition) is 7. The predicted octanol–water partition coefficient (Wildman–Crippen LogP) is 3.09. The van der Waals surface area contributed by atoms with Crippen molar-refractivity contribution in [1.82, 2.24) is 25.4 Å². The van der Waals surface area contributed by atoms with E-state index in [1.165, 1.54) is 38.5 Å². The van der Waals surface area contributed by atoms with E-state index < -0.39 is 5.56 Å². The number of ether oxygens (including phenoxy) is 2. The van der Waals surface area contributed by atoms with Crippen LogP contribution in [0.3, 0.4) is 0 Å². The van der Waals surface area contributed by atoms with Crippen LogP contribution in [0.25, 0.3) is 11.4 Å². The Bertz CT molecular complexity index is 1260. The van der Waals surface area contributed by atoms with Crippen molar-refractivity contribution in [2.24, 2.45) is 0 Å². The molecule has 9 nitrogen and oxygen atoms in total. The molecular formula is C27H32FN5O4. The molecule has 196 valence electrons. The average Bonchev–Trinajstić information content (AvgIpc) is 2.92.